The van der Waals surface area contributed by atoms with Crippen LogP contribution in [0.25, 0.3) is 17.1 Å². The number of morpholine rings is 1. The third-order valence-corrected chi connectivity index (χ3v) is 5.61. The minimum absolute atomic E-state index is 0.705. The van der Waals surface area contributed by atoms with Gasteiger partial charge in [0.15, 0.2) is 0 Å². The van der Waals surface area contributed by atoms with Crippen LogP contribution in [0.3, 0.4) is 0 Å². The largest absolute Gasteiger partial charge is 0.494 e. The van der Waals surface area contributed by atoms with Crippen LogP contribution in [0, 0.1) is 13.8 Å². The van der Waals surface area contributed by atoms with Crippen molar-refractivity contribution in [2.24, 2.45) is 0 Å². The fourth-order valence-corrected chi connectivity index (χ4v) is 4.07. The number of hydrogen-bond acceptors (Lipinski definition) is 5. The first-order valence-corrected chi connectivity index (χ1v) is 10.8. The number of benzene rings is 1. The standard InChI is InChI=1S/C23H31N5O2/c1-4-28-19(3)22(18(2)25-28)27-11-9-24-23(27)20-7-5-8-21(17-20)30-14-6-10-26-12-15-29-16-13-26/h5,7-9,11,17H,4,6,10,12-16H2,1-3H3. The SMILES string of the molecule is CCn1nc(C)c(-n2ccnc2-c2cccc(OCCCN3CCOCC3)c2)c1C. The molecule has 3 heterocycles. The highest BCUT2D eigenvalue weighted by molar-refractivity contribution is 5.62. The molecule has 0 saturated carbocycles. The Morgan fingerprint density at radius 2 is 2.00 bits per heavy atom. The molecular weight excluding hydrogens is 378 g/mol. The highest BCUT2D eigenvalue weighted by atomic mass is 16.5. The van der Waals surface area contributed by atoms with Crippen molar-refractivity contribution in [2.75, 3.05) is 39.5 Å². The molecule has 2 aromatic heterocycles. The van der Waals surface area contributed by atoms with Gasteiger partial charge in [-0.3, -0.25) is 14.1 Å². The first kappa shape index (κ1) is 20.6. The number of nitrogens with zero attached hydrogens (tertiary/aromatic N) is 5. The van der Waals surface area contributed by atoms with E-state index in [2.05, 4.69) is 45.5 Å². The van der Waals surface area contributed by atoms with Gasteiger partial charge in [-0.05, 0) is 39.3 Å². The zero-order valence-corrected chi connectivity index (χ0v) is 18.2. The molecule has 0 spiro atoms. The molecule has 0 amide bonds. The normalized spacial score (nSPS) is 14.9. The van der Waals surface area contributed by atoms with E-state index < -0.39 is 0 Å². The lowest BCUT2D eigenvalue weighted by atomic mass is 10.2. The summed E-state index contributed by atoms with van der Waals surface area (Å²) in [7, 11) is 0. The molecule has 1 aromatic carbocycles. The highest BCUT2D eigenvalue weighted by Crippen LogP contribution is 2.28. The van der Waals surface area contributed by atoms with Gasteiger partial charge in [-0.2, -0.15) is 5.10 Å². The molecule has 3 aromatic rings. The third kappa shape index (κ3) is 4.42. The number of rotatable bonds is 8. The maximum atomic E-state index is 6.04. The second kappa shape index (κ2) is 9.45. The minimum Gasteiger partial charge on any atom is -0.494 e. The summed E-state index contributed by atoms with van der Waals surface area (Å²) in [6, 6.07) is 8.19. The van der Waals surface area contributed by atoms with Gasteiger partial charge in [0.1, 0.15) is 11.6 Å². The van der Waals surface area contributed by atoms with E-state index in [0.29, 0.717) is 6.61 Å². The van der Waals surface area contributed by atoms with Gasteiger partial charge in [-0.1, -0.05) is 12.1 Å². The van der Waals surface area contributed by atoms with Crippen molar-refractivity contribution >= 4 is 0 Å². The van der Waals surface area contributed by atoms with Gasteiger partial charge in [0.25, 0.3) is 0 Å². The van der Waals surface area contributed by atoms with E-state index in [4.69, 9.17) is 9.47 Å². The fraction of sp³-hybridized carbons (Fsp3) is 0.478. The van der Waals surface area contributed by atoms with Crippen molar-refractivity contribution in [3.05, 3.63) is 48.0 Å². The number of aryl methyl sites for hydroxylation is 2. The smallest absolute Gasteiger partial charge is 0.144 e. The predicted octanol–water partition coefficient (Wildman–Crippen LogP) is 3.47. The monoisotopic (exact) mass is 409 g/mol. The van der Waals surface area contributed by atoms with Gasteiger partial charge >= 0.3 is 0 Å². The molecule has 1 fully saturated rings. The van der Waals surface area contributed by atoms with Crippen LogP contribution in [-0.2, 0) is 11.3 Å². The Labute approximate surface area is 178 Å². The Hall–Kier alpha value is -2.64. The molecule has 4 rings (SSSR count). The lowest BCUT2D eigenvalue weighted by molar-refractivity contribution is 0.0358. The van der Waals surface area contributed by atoms with Gasteiger partial charge in [0, 0.05) is 44.1 Å². The van der Waals surface area contributed by atoms with Crippen molar-refractivity contribution < 1.29 is 9.47 Å². The molecule has 30 heavy (non-hydrogen) atoms. The van der Waals surface area contributed by atoms with Crippen LogP contribution in [-0.4, -0.2) is 63.7 Å². The third-order valence-electron chi connectivity index (χ3n) is 5.61. The van der Waals surface area contributed by atoms with Crippen LogP contribution in [0.5, 0.6) is 5.75 Å². The molecule has 160 valence electrons. The van der Waals surface area contributed by atoms with Gasteiger partial charge in [0.2, 0.25) is 0 Å². The first-order valence-electron chi connectivity index (χ1n) is 10.8. The lowest BCUT2D eigenvalue weighted by Gasteiger charge is -2.26. The Bertz CT molecular complexity index is 972. The first-order chi connectivity index (χ1) is 14.7. The van der Waals surface area contributed by atoms with E-state index in [1.807, 2.05) is 36.1 Å². The molecule has 1 aliphatic rings. The van der Waals surface area contributed by atoms with Gasteiger partial charge in [-0.15, -0.1) is 0 Å². The summed E-state index contributed by atoms with van der Waals surface area (Å²) in [6.07, 6.45) is 4.85. The predicted molar refractivity (Wildman–Crippen MR) is 117 cm³/mol. The molecule has 0 N–H and O–H groups in total. The van der Waals surface area contributed by atoms with Gasteiger partial charge < -0.3 is 9.47 Å². The lowest BCUT2D eigenvalue weighted by Crippen LogP contribution is -2.37. The average Bonchev–Trinajstić information content (AvgIpc) is 3.35. The topological polar surface area (TPSA) is 57.3 Å². The molecule has 0 radical (unpaired) electrons. The van der Waals surface area contributed by atoms with Crippen molar-refractivity contribution in [1.82, 2.24) is 24.2 Å². The molecule has 1 aliphatic heterocycles. The molecule has 1 saturated heterocycles. The number of aromatic nitrogens is 4. The summed E-state index contributed by atoms with van der Waals surface area (Å²) in [5, 5.41) is 4.66. The Morgan fingerprint density at radius 1 is 1.17 bits per heavy atom. The van der Waals surface area contributed by atoms with Crippen LogP contribution < -0.4 is 4.74 Å². The number of hydrogen-bond donors (Lipinski definition) is 0. The summed E-state index contributed by atoms with van der Waals surface area (Å²) in [5.41, 5.74) is 4.28. The van der Waals surface area contributed by atoms with Crippen LogP contribution in [0.1, 0.15) is 24.7 Å². The fourth-order valence-electron chi connectivity index (χ4n) is 4.07. The van der Waals surface area contributed by atoms with E-state index in [1.54, 1.807) is 0 Å². The van der Waals surface area contributed by atoms with Crippen LogP contribution in [0.4, 0.5) is 0 Å². The van der Waals surface area contributed by atoms with E-state index in [0.717, 1.165) is 80.0 Å². The van der Waals surface area contributed by atoms with E-state index in [1.165, 1.54) is 0 Å². The Morgan fingerprint density at radius 3 is 2.77 bits per heavy atom. The Balaban J connectivity index is 1.46. The van der Waals surface area contributed by atoms with Crippen molar-refractivity contribution in [1.29, 1.82) is 0 Å². The van der Waals surface area contributed by atoms with Crippen molar-refractivity contribution in [3.63, 3.8) is 0 Å². The van der Waals surface area contributed by atoms with E-state index in [-0.39, 0.29) is 0 Å². The Kier molecular flexibility index (Phi) is 6.50. The molecule has 0 bridgehead atoms. The summed E-state index contributed by atoms with van der Waals surface area (Å²) >= 11 is 0. The minimum atomic E-state index is 0.705. The maximum absolute atomic E-state index is 6.04. The van der Waals surface area contributed by atoms with Crippen LogP contribution in [0.2, 0.25) is 0 Å². The summed E-state index contributed by atoms with van der Waals surface area (Å²) in [6.45, 7) is 12.6. The molecule has 0 unspecified atom stereocenters. The summed E-state index contributed by atoms with van der Waals surface area (Å²) < 4.78 is 15.6. The second-order valence-electron chi connectivity index (χ2n) is 7.64. The van der Waals surface area contributed by atoms with Crippen molar-refractivity contribution in [3.8, 4) is 22.8 Å². The van der Waals surface area contributed by atoms with Gasteiger partial charge in [0.05, 0.1) is 36.9 Å². The average molecular weight is 410 g/mol. The number of ether oxygens (including phenoxy) is 2. The summed E-state index contributed by atoms with van der Waals surface area (Å²) in [5.74, 6) is 1.78. The van der Waals surface area contributed by atoms with E-state index in [9.17, 15) is 0 Å². The zero-order valence-electron chi connectivity index (χ0n) is 18.2. The quantitative estimate of drug-likeness (QED) is 0.533. The summed E-state index contributed by atoms with van der Waals surface area (Å²) in [4.78, 5) is 7.06. The van der Waals surface area contributed by atoms with Crippen LogP contribution >= 0.6 is 0 Å². The van der Waals surface area contributed by atoms with Crippen LogP contribution in [0.15, 0.2) is 36.7 Å². The molecule has 0 atom stereocenters. The van der Waals surface area contributed by atoms with Crippen molar-refractivity contribution in [2.45, 2.75) is 33.7 Å². The molecule has 7 nitrogen and oxygen atoms in total. The number of imidazole rings is 1. The zero-order chi connectivity index (χ0) is 20.9. The molecular formula is C23H31N5O2. The molecule has 7 heteroatoms. The van der Waals surface area contributed by atoms with Gasteiger partial charge in [-0.25, -0.2) is 4.98 Å². The second-order valence-corrected chi connectivity index (χ2v) is 7.64. The van der Waals surface area contributed by atoms with E-state index >= 15 is 0 Å². The molecule has 0 aliphatic carbocycles. The highest BCUT2D eigenvalue weighted by Gasteiger charge is 2.17. The maximum Gasteiger partial charge on any atom is 0.144 e.